The second-order valence-electron chi connectivity index (χ2n) is 12.5. The third kappa shape index (κ3) is 4.17. The van der Waals surface area contributed by atoms with Gasteiger partial charge in [-0.05, 0) is 43.7 Å². The molecule has 4 saturated heterocycles. The van der Waals surface area contributed by atoms with E-state index in [4.69, 9.17) is 33.2 Å². The van der Waals surface area contributed by atoms with Crippen LogP contribution in [0.1, 0.15) is 40.5 Å². The number of rotatable bonds is 9. The summed E-state index contributed by atoms with van der Waals surface area (Å²) in [5, 5.41) is 53.6. The standard InChI is InChI=1S/C31H34O14/c1-28-13-30(38)20-11-31(28,29(20,27(44-28)45-30)14-41-24(36)15-6-4-3-5-7-15)43-26-23(35)22(34)21(33)19(42-26)12-40-25(37)16-8-9-17(32)18(10-16)39-2/h3-10,19-23,26-27,32-35,38H,11-14H2,1-2H3/t19-,20-,21-,22+,23-,26+,27-,28-,29?,30-,31+/m1/s1. The molecule has 0 radical (unpaired) electrons. The van der Waals surface area contributed by atoms with Crippen molar-refractivity contribution < 1.29 is 68.3 Å². The molecule has 4 aliphatic heterocycles. The van der Waals surface area contributed by atoms with E-state index in [1.165, 1.54) is 25.3 Å². The van der Waals surface area contributed by atoms with Crippen LogP contribution in [0.15, 0.2) is 48.5 Å². The smallest absolute Gasteiger partial charge is 0.338 e. The second kappa shape index (κ2) is 10.3. The van der Waals surface area contributed by atoms with Gasteiger partial charge in [0.25, 0.3) is 0 Å². The molecule has 242 valence electrons. The van der Waals surface area contributed by atoms with Gasteiger partial charge in [-0.3, -0.25) is 0 Å². The van der Waals surface area contributed by atoms with Crippen molar-refractivity contribution in [3.63, 3.8) is 0 Å². The van der Waals surface area contributed by atoms with E-state index in [2.05, 4.69) is 0 Å². The van der Waals surface area contributed by atoms with E-state index < -0.39 is 83.9 Å². The summed E-state index contributed by atoms with van der Waals surface area (Å²) in [4.78, 5) is 25.6. The summed E-state index contributed by atoms with van der Waals surface area (Å²) in [7, 11) is 1.32. The van der Waals surface area contributed by atoms with Crippen LogP contribution in [0.3, 0.4) is 0 Å². The average Bonchev–Trinajstić information content (AvgIpc) is 3.22. The van der Waals surface area contributed by atoms with Gasteiger partial charge in [-0.2, -0.15) is 0 Å². The number of phenols is 1. The summed E-state index contributed by atoms with van der Waals surface area (Å²) in [6.45, 7) is 0.968. The highest BCUT2D eigenvalue weighted by atomic mass is 16.8. The van der Waals surface area contributed by atoms with Crippen molar-refractivity contribution in [1.29, 1.82) is 0 Å². The Labute approximate surface area is 256 Å². The minimum absolute atomic E-state index is 0.0284. The molecule has 0 aromatic heterocycles. The quantitative estimate of drug-likeness (QED) is 0.236. The third-order valence-electron chi connectivity index (χ3n) is 10.2. The van der Waals surface area contributed by atoms with Crippen LogP contribution in [0.4, 0.5) is 0 Å². The van der Waals surface area contributed by atoms with Gasteiger partial charge in [-0.25, -0.2) is 9.59 Å². The molecule has 5 N–H and O–H groups in total. The fraction of sp³-hybridized carbons (Fsp3) is 0.548. The Hall–Kier alpha value is -3.34. The first-order valence-corrected chi connectivity index (χ1v) is 14.6. The molecule has 0 spiro atoms. The van der Waals surface area contributed by atoms with E-state index in [9.17, 15) is 35.1 Å². The Morgan fingerprint density at radius 3 is 2.42 bits per heavy atom. The van der Waals surface area contributed by atoms with Gasteiger partial charge in [0.1, 0.15) is 48.8 Å². The zero-order valence-corrected chi connectivity index (χ0v) is 24.4. The minimum atomic E-state index is -1.75. The number of esters is 2. The molecule has 3 aliphatic carbocycles. The van der Waals surface area contributed by atoms with Crippen molar-refractivity contribution >= 4 is 11.9 Å². The molecule has 7 fully saturated rings. The van der Waals surface area contributed by atoms with Crippen LogP contribution in [0.5, 0.6) is 11.5 Å². The van der Waals surface area contributed by atoms with Crippen molar-refractivity contribution in [1.82, 2.24) is 0 Å². The highest BCUT2D eigenvalue weighted by molar-refractivity contribution is 5.90. The van der Waals surface area contributed by atoms with Crippen LogP contribution in [0.2, 0.25) is 0 Å². The molecule has 4 heterocycles. The topological polar surface area (TPSA) is 200 Å². The van der Waals surface area contributed by atoms with E-state index in [0.717, 1.165) is 0 Å². The number of hydrogen-bond donors (Lipinski definition) is 5. The maximum atomic E-state index is 12.9. The van der Waals surface area contributed by atoms with Crippen molar-refractivity contribution in [2.24, 2.45) is 11.3 Å². The van der Waals surface area contributed by atoms with E-state index in [-0.39, 0.29) is 36.5 Å². The monoisotopic (exact) mass is 630 g/mol. The second-order valence-corrected chi connectivity index (χ2v) is 12.5. The van der Waals surface area contributed by atoms with Gasteiger partial charge in [0.05, 0.1) is 23.7 Å². The lowest BCUT2D eigenvalue weighted by Gasteiger charge is -2.67. The molecule has 14 nitrogen and oxygen atoms in total. The molecule has 3 saturated carbocycles. The van der Waals surface area contributed by atoms with Gasteiger partial charge in [-0.15, -0.1) is 0 Å². The fourth-order valence-corrected chi connectivity index (χ4v) is 7.91. The third-order valence-corrected chi connectivity index (χ3v) is 10.2. The van der Waals surface area contributed by atoms with Crippen LogP contribution in [0.25, 0.3) is 0 Å². The molecule has 1 unspecified atom stereocenters. The summed E-state index contributed by atoms with van der Waals surface area (Å²) in [5.74, 6) is -3.62. The van der Waals surface area contributed by atoms with Gasteiger partial charge in [-0.1, -0.05) is 18.2 Å². The van der Waals surface area contributed by atoms with E-state index in [1.807, 2.05) is 0 Å². The summed E-state index contributed by atoms with van der Waals surface area (Å²) in [6.07, 6.45) is -8.76. The molecule has 0 amide bonds. The van der Waals surface area contributed by atoms with Crippen LogP contribution >= 0.6 is 0 Å². The molecule has 2 aromatic rings. The number of carbonyl (C=O) groups excluding carboxylic acids is 2. The van der Waals surface area contributed by atoms with Gasteiger partial charge in [0.2, 0.25) is 0 Å². The Bertz CT molecular complexity index is 1500. The van der Waals surface area contributed by atoms with Crippen molar-refractivity contribution in [3.05, 3.63) is 59.7 Å². The maximum absolute atomic E-state index is 12.9. The number of phenolic OH excluding ortho intramolecular Hbond substituents is 1. The molecule has 14 heteroatoms. The summed E-state index contributed by atoms with van der Waals surface area (Å²) < 4.78 is 40.7. The number of hydrogen-bond acceptors (Lipinski definition) is 14. The average molecular weight is 631 g/mol. The number of ether oxygens (including phenoxy) is 7. The highest BCUT2D eigenvalue weighted by Gasteiger charge is 2.94. The summed E-state index contributed by atoms with van der Waals surface area (Å²) in [6, 6.07) is 12.2. The predicted molar refractivity (Wildman–Crippen MR) is 147 cm³/mol. The lowest BCUT2D eigenvalue weighted by Crippen LogP contribution is -2.80. The molecule has 45 heavy (non-hydrogen) atoms. The number of aliphatic hydroxyl groups is 4. The van der Waals surface area contributed by atoms with Crippen LogP contribution < -0.4 is 4.74 Å². The SMILES string of the molecule is COc1cc(C(=O)OC[C@H]2O[C@@H](O[C@]34C[C@@H]5C3(COC(=O)c3ccccc3)[C@H]3O[C@]5(O)C[C@@]4(C)O3)[C@H](O)[C@@H](O)[C@@H]2O)ccc1O. The van der Waals surface area contributed by atoms with Crippen LogP contribution in [-0.4, -0.2) is 112 Å². The van der Waals surface area contributed by atoms with Crippen molar-refractivity contribution in [3.8, 4) is 11.5 Å². The summed E-state index contributed by atoms with van der Waals surface area (Å²) >= 11 is 0. The molecule has 11 atom stereocenters. The largest absolute Gasteiger partial charge is 0.504 e. The first-order chi connectivity index (χ1) is 21.4. The normalized spacial score (nSPS) is 42.2. The number of benzene rings is 2. The van der Waals surface area contributed by atoms with Crippen LogP contribution in [-0.2, 0) is 28.4 Å². The Kier molecular flexibility index (Phi) is 6.96. The van der Waals surface area contributed by atoms with Gasteiger partial charge < -0.3 is 58.7 Å². The molecular formula is C31H34O14. The Balaban J connectivity index is 1.11. The lowest BCUT2D eigenvalue weighted by molar-refractivity contribution is -0.424. The number of aromatic hydroxyl groups is 1. The predicted octanol–water partition coefficient (Wildman–Crippen LogP) is 0.221. The first-order valence-electron chi connectivity index (χ1n) is 14.6. The molecule has 9 rings (SSSR count). The zero-order chi connectivity index (χ0) is 31.9. The molecular weight excluding hydrogens is 596 g/mol. The first kappa shape index (κ1) is 30.3. The number of methoxy groups -OCH3 is 1. The van der Waals surface area contributed by atoms with Crippen molar-refractivity contribution in [2.75, 3.05) is 20.3 Å². The van der Waals surface area contributed by atoms with Gasteiger partial charge in [0, 0.05) is 12.3 Å². The maximum Gasteiger partial charge on any atom is 0.338 e. The molecule has 7 aliphatic rings. The number of carbonyl (C=O) groups is 2. The Morgan fingerprint density at radius 2 is 1.69 bits per heavy atom. The van der Waals surface area contributed by atoms with Crippen molar-refractivity contribution in [2.45, 2.75) is 73.8 Å². The highest BCUT2D eigenvalue weighted by Crippen LogP contribution is 2.81. The van der Waals surface area contributed by atoms with E-state index in [0.29, 0.717) is 5.56 Å². The van der Waals surface area contributed by atoms with Gasteiger partial charge in [0.15, 0.2) is 29.9 Å². The van der Waals surface area contributed by atoms with E-state index in [1.54, 1.807) is 37.3 Å². The fourth-order valence-electron chi connectivity index (χ4n) is 7.91. The summed E-state index contributed by atoms with van der Waals surface area (Å²) in [5.41, 5.74) is -3.26. The van der Waals surface area contributed by atoms with E-state index >= 15 is 0 Å². The van der Waals surface area contributed by atoms with Gasteiger partial charge >= 0.3 is 11.9 Å². The lowest BCUT2D eigenvalue weighted by atomic mass is 9.41. The Morgan fingerprint density at radius 1 is 0.956 bits per heavy atom. The number of aliphatic hydroxyl groups excluding tert-OH is 3. The minimum Gasteiger partial charge on any atom is -0.504 e. The zero-order valence-electron chi connectivity index (χ0n) is 24.4. The van der Waals surface area contributed by atoms with Crippen LogP contribution in [0, 0.1) is 11.3 Å². The molecule has 2 aromatic carbocycles. The molecule has 6 bridgehead atoms.